The normalized spacial score (nSPS) is 18.2. The van der Waals surface area contributed by atoms with E-state index in [1.54, 1.807) is 6.92 Å². The molecule has 1 fully saturated rings. The van der Waals surface area contributed by atoms with Gasteiger partial charge in [0, 0.05) is 31.8 Å². The Balaban J connectivity index is 1.69. The van der Waals surface area contributed by atoms with Crippen LogP contribution in [0.25, 0.3) is 0 Å². The highest BCUT2D eigenvalue weighted by molar-refractivity contribution is 5.77. The number of carbonyl (C=O) groups excluding carboxylic acids is 1. The summed E-state index contributed by atoms with van der Waals surface area (Å²) in [5.74, 6) is 1.19. The maximum atomic E-state index is 11.9. The molecule has 1 saturated carbocycles. The van der Waals surface area contributed by atoms with Crippen molar-refractivity contribution < 1.29 is 9.32 Å². The lowest BCUT2D eigenvalue weighted by Gasteiger charge is -2.32. The van der Waals surface area contributed by atoms with Gasteiger partial charge in [-0.15, -0.1) is 0 Å². The molecule has 1 amide bonds. The summed E-state index contributed by atoms with van der Waals surface area (Å²) in [5, 5.41) is 6.65. The van der Waals surface area contributed by atoms with E-state index in [-0.39, 0.29) is 11.4 Å². The van der Waals surface area contributed by atoms with Crippen molar-refractivity contribution in [2.75, 3.05) is 6.54 Å². The van der Waals surface area contributed by atoms with Gasteiger partial charge in [-0.1, -0.05) is 24.4 Å². The Bertz CT molecular complexity index is 424. The van der Waals surface area contributed by atoms with Gasteiger partial charge in [-0.05, 0) is 12.8 Å². The molecule has 0 bridgehead atoms. The van der Waals surface area contributed by atoms with Crippen LogP contribution in [0, 0.1) is 6.92 Å². The SMILES string of the molecule is Cc1nc(CCNC(=O)CC2(N)CCCCC2)no1. The summed E-state index contributed by atoms with van der Waals surface area (Å²) in [6.45, 7) is 2.27. The summed E-state index contributed by atoms with van der Waals surface area (Å²) < 4.78 is 4.87. The quantitative estimate of drug-likeness (QED) is 0.832. The molecule has 19 heavy (non-hydrogen) atoms. The molecule has 6 nitrogen and oxygen atoms in total. The molecule has 1 aliphatic carbocycles. The van der Waals surface area contributed by atoms with E-state index >= 15 is 0 Å². The van der Waals surface area contributed by atoms with Crippen molar-refractivity contribution in [3.63, 3.8) is 0 Å². The molecule has 1 heterocycles. The number of aromatic nitrogens is 2. The van der Waals surface area contributed by atoms with Gasteiger partial charge in [-0.3, -0.25) is 4.79 Å². The summed E-state index contributed by atoms with van der Waals surface area (Å²) >= 11 is 0. The third-order valence-electron chi connectivity index (χ3n) is 3.60. The summed E-state index contributed by atoms with van der Waals surface area (Å²) in [6, 6.07) is 0. The number of nitrogens with zero attached hydrogens (tertiary/aromatic N) is 2. The fourth-order valence-corrected chi connectivity index (χ4v) is 2.57. The second kappa shape index (κ2) is 6.14. The van der Waals surface area contributed by atoms with E-state index in [1.165, 1.54) is 6.42 Å². The fourth-order valence-electron chi connectivity index (χ4n) is 2.57. The van der Waals surface area contributed by atoms with Gasteiger partial charge in [0.05, 0.1) is 0 Å². The first-order valence-electron chi connectivity index (χ1n) is 6.92. The van der Waals surface area contributed by atoms with E-state index in [4.69, 9.17) is 10.3 Å². The Kier molecular flexibility index (Phi) is 4.52. The minimum atomic E-state index is -0.301. The van der Waals surface area contributed by atoms with Crippen LogP contribution in [0.5, 0.6) is 0 Å². The molecular weight excluding hydrogens is 244 g/mol. The van der Waals surface area contributed by atoms with Crippen molar-refractivity contribution in [1.29, 1.82) is 0 Å². The minimum absolute atomic E-state index is 0.0182. The topological polar surface area (TPSA) is 94.0 Å². The van der Waals surface area contributed by atoms with Gasteiger partial charge >= 0.3 is 0 Å². The van der Waals surface area contributed by atoms with Crippen molar-refractivity contribution in [3.8, 4) is 0 Å². The average Bonchev–Trinajstić information content (AvgIpc) is 2.75. The predicted octanol–water partition coefficient (Wildman–Crippen LogP) is 1.09. The molecule has 0 aromatic carbocycles. The van der Waals surface area contributed by atoms with E-state index in [0.29, 0.717) is 31.1 Å². The third kappa shape index (κ3) is 4.31. The van der Waals surface area contributed by atoms with E-state index in [1.807, 2.05) is 0 Å². The molecule has 106 valence electrons. The van der Waals surface area contributed by atoms with E-state index in [2.05, 4.69) is 15.5 Å². The third-order valence-corrected chi connectivity index (χ3v) is 3.60. The highest BCUT2D eigenvalue weighted by Crippen LogP contribution is 2.28. The van der Waals surface area contributed by atoms with Crippen LogP contribution in [0.1, 0.15) is 50.2 Å². The molecule has 1 aromatic rings. The Hall–Kier alpha value is -1.43. The second-order valence-electron chi connectivity index (χ2n) is 5.43. The van der Waals surface area contributed by atoms with Crippen LogP contribution >= 0.6 is 0 Å². The van der Waals surface area contributed by atoms with Gasteiger partial charge in [0.1, 0.15) is 0 Å². The molecule has 1 aliphatic rings. The van der Waals surface area contributed by atoms with Crippen LogP contribution in [0.2, 0.25) is 0 Å². The molecule has 1 aromatic heterocycles. The van der Waals surface area contributed by atoms with Crippen molar-refractivity contribution in [2.45, 2.75) is 57.4 Å². The standard InChI is InChI=1S/C13H22N4O2/c1-10-16-11(17-19-10)5-8-15-12(18)9-13(14)6-3-2-4-7-13/h2-9,14H2,1H3,(H,15,18). The largest absolute Gasteiger partial charge is 0.356 e. The zero-order chi connectivity index (χ0) is 13.7. The minimum Gasteiger partial charge on any atom is -0.356 e. The van der Waals surface area contributed by atoms with Crippen molar-refractivity contribution in [1.82, 2.24) is 15.5 Å². The van der Waals surface area contributed by atoms with Crippen LogP contribution in [-0.4, -0.2) is 28.1 Å². The highest BCUT2D eigenvalue weighted by Gasteiger charge is 2.29. The molecule has 0 spiro atoms. The number of carbonyl (C=O) groups is 1. The number of nitrogens with two attached hydrogens (primary N) is 1. The number of amides is 1. The molecular formula is C13H22N4O2. The smallest absolute Gasteiger partial charge is 0.223 e. The van der Waals surface area contributed by atoms with Crippen molar-refractivity contribution >= 4 is 5.91 Å². The fraction of sp³-hybridized carbons (Fsp3) is 0.769. The number of hydrogen-bond acceptors (Lipinski definition) is 5. The molecule has 0 radical (unpaired) electrons. The molecule has 3 N–H and O–H groups in total. The summed E-state index contributed by atoms with van der Waals surface area (Å²) in [5.41, 5.74) is 5.95. The average molecular weight is 266 g/mol. The highest BCUT2D eigenvalue weighted by atomic mass is 16.5. The van der Waals surface area contributed by atoms with Gasteiger partial charge in [0.2, 0.25) is 11.8 Å². The summed E-state index contributed by atoms with van der Waals surface area (Å²) in [4.78, 5) is 15.9. The number of rotatable bonds is 5. The van der Waals surface area contributed by atoms with Gasteiger partial charge in [-0.2, -0.15) is 4.98 Å². The molecule has 2 rings (SSSR count). The Morgan fingerprint density at radius 3 is 2.79 bits per heavy atom. The monoisotopic (exact) mass is 266 g/mol. The number of nitrogens with one attached hydrogen (secondary N) is 1. The van der Waals surface area contributed by atoms with E-state index in [9.17, 15) is 4.79 Å². The Morgan fingerprint density at radius 1 is 1.42 bits per heavy atom. The maximum absolute atomic E-state index is 11.9. The Labute approximate surface area is 113 Å². The van der Waals surface area contributed by atoms with Crippen LogP contribution in [0.3, 0.4) is 0 Å². The molecule has 0 saturated heterocycles. The van der Waals surface area contributed by atoms with Crippen molar-refractivity contribution in [2.24, 2.45) is 5.73 Å². The van der Waals surface area contributed by atoms with Crippen LogP contribution in [0.15, 0.2) is 4.52 Å². The van der Waals surface area contributed by atoms with E-state index in [0.717, 1.165) is 25.7 Å². The lowest BCUT2D eigenvalue weighted by Crippen LogP contribution is -2.46. The zero-order valence-corrected chi connectivity index (χ0v) is 11.4. The first-order chi connectivity index (χ1) is 9.07. The lowest BCUT2D eigenvalue weighted by molar-refractivity contribution is -0.122. The van der Waals surface area contributed by atoms with Crippen LogP contribution in [0.4, 0.5) is 0 Å². The van der Waals surface area contributed by atoms with Gasteiger partial charge in [0.15, 0.2) is 5.82 Å². The summed E-state index contributed by atoms with van der Waals surface area (Å²) in [6.07, 6.45) is 6.39. The van der Waals surface area contributed by atoms with E-state index < -0.39 is 0 Å². The molecule has 0 atom stereocenters. The number of aryl methyl sites for hydroxylation is 1. The first-order valence-corrected chi connectivity index (χ1v) is 6.92. The zero-order valence-electron chi connectivity index (χ0n) is 11.4. The van der Waals surface area contributed by atoms with Crippen LogP contribution < -0.4 is 11.1 Å². The molecule has 0 aliphatic heterocycles. The maximum Gasteiger partial charge on any atom is 0.223 e. The Morgan fingerprint density at radius 2 is 2.16 bits per heavy atom. The van der Waals surface area contributed by atoms with Crippen molar-refractivity contribution in [3.05, 3.63) is 11.7 Å². The predicted molar refractivity (Wildman–Crippen MR) is 70.4 cm³/mol. The number of hydrogen-bond donors (Lipinski definition) is 2. The van der Waals surface area contributed by atoms with Crippen LogP contribution in [-0.2, 0) is 11.2 Å². The lowest BCUT2D eigenvalue weighted by atomic mass is 9.80. The van der Waals surface area contributed by atoms with Gasteiger partial charge in [-0.25, -0.2) is 0 Å². The van der Waals surface area contributed by atoms with Gasteiger partial charge < -0.3 is 15.6 Å². The second-order valence-corrected chi connectivity index (χ2v) is 5.43. The molecule has 0 unspecified atom stereocenters. The molecule has 6 heteroatoms. The summed E-state index contributed by atoms with van der Waals surface area (Å²) in [7, 11) is 0. The first kappa shape index (κ1) is 14.0. The van der Waals surface area contributed by atoms with Gasteiger partial charge in [0.25, 0.3) is 0 Å².